The average Bonchev–Trinajstić information content (AvgIpc) is 3.94. The highest BCUT2D eigenvalue weighted by molar-refractivity contribution is 7.25. The molecule has 8 aromatic carbocycles. The molecule has 3 heterocycles. The van der Waals surface area contributed by atoms with Crippen molar-refractivity contribution in [2.24, 2.45) is 0 Å². The fourth-order valence-electron chi connectivity index (χ4n) is 9.24. The highest BCUT2D eigenvalue weighted by Gasteiger charge is 2.30. The zero-order valence-electron chi connectivity index (χ0n) is 28.1. The molecule has 0 radical (unpaired) electrons. The molecule has 3 heteroatoms. The molecule has 1 aliphatic rings. The molecule has 0 aliphatic heterocycles. The van der Waals surface area contributed by atoms with Crippen LogP contribution in [0, 0.1) is 0 Å². The van der Waals surface area contributed by atoms with E-state index in [4.69, 9.17) is 0 Å². The van der Waals surface area contributed by atoms with Crippen LogP contribution in [0.2, 0.25) is 0 Å². The van der Waals surface area contributed by atoms with Gasteiger partial charge in [-0.15, -0.1) is 11.3 Å². The van der Waals surface area contributed by atoms with Gasteiger partial charge in [-0.25, -0.2) is 0 Å². The van der Waals surface area contributed by atoms with Gasteiger partial charge in [0.15, 0.2) is 0 Å². The molecule has 242 valence electrons. The number of aromatic nitrogens is 2. The second kappa shape index (κ2) is 10.6. The maximum Gasteiger partial charge on any atom is 0.0641 e. The van der Waals surface area contributed by atoms with Crippen molar-refractivity contribution in [2.75, 3.05) is 0 Å². The molecular formula is C49H30N2S. The van der Waals surface area contributed by atoms with Gasteiger partial charge in [-0.05, 0) is 82.4 Å². The van der Waals surface area contributed by atoms with Gasteiger partial charge < -0.3 is 9.13 Å². The van der Waals surface area contributed by atoms with Crippen molar-refractivity contribution in [1.29, 1.82) is 0 Å². The Morgan fingerprint density at radius 3 is 1.92 bits per heavy atom. The molecule has 1 aliphatic carbocycles. The Labute approximate surface area is 304 Å². The van der Waals surface area contributed by atoms with E-state index in [0.29, 0.717) is 0 Å². The van der Waals surface area contributed by atoms with Crippen molar-refractivity contribution < 1.29 is 0 Å². The van der Waals surface area contributed by atoms with Crippen molar-refractivity contribution in [3.05, 3.63) is 193 Å². The lowest BCUT2D eigenvalue weighted by Gasteiger charge is -2.15. The monoisotopic (exact) mass is 678 g/mol. The second-order valence-corrected chi connectivity index (χ2v) is 15.1. The molecule has 52 heavy (non-hydrogen) atoms. The lowest BCUT2D eigenvalue weighted by molar-refractivity contribution is 1.01. The van der Waals surface area contributed by atoms with Gasteiger partial charge in [0.05, 0.1) is 22.1 Å². The van der Waals surface area contributed by atoms with Gasteiger partial charge >= 0.3 is 0 Å². The molecule has 1 atom stereocenters. The van der Waals surface area contributed by atoms with Crippen LogP contribution >= 0.6 is 11.3 Å². The topological polar surface area (TPSA) is 9.86 Å². The number of hydrogen-bond acceptors (Lipinski definition) is 1. The minimum atomic E-state index is 0.224. The van der Waals surface area contributed by atoms with Crippen LogP contribution in [0.5, 0.6) is 0 Å². The van der Waals surface area contributed by atoms with Gasteiger partial charge in [-0.3, -0.25) is 0 Å². The number of fused-ring (bicyclic) bond motifs is 13. The molecule has 3 aromatic heterocycles. The summed E-state index contributed by atoms with van der Waals surface area (Å²) < 4.78 is 7.65. The predicted molar refractivity (Wildman–Crippen MR) is 221 cm³/mol. The average molecular weight is 679 g/mol. The Bertz CT molecular complexity index is 3250. The first-order chi connectivity index (χ1) is 25.8. The van der Waals surface area contributed by atoms with Crippen molar-refractivity contribution in [3.8, 4) is 22.5 Å². The number of thiophene rings is 1. The lowest BCUT2D eigenvalue weighted by Crippen LogP contribution is -2.00. The highest BCUT2D eigenvalue weighted by Crippen LogP contribution is 2.50. The van der Waals surface area contributed by atoms with E-state index in [1.807, 2.05) is 11.3 Å². The quantitative estimate of drug-likeness (QED) is 0.176. The summed E-state index contributed by atoms with van der Waals surface area (Å²) in [6.07, 6.45) is 0. The standard InChI is InChI=1S/C49H30N2S/c1-2-12-30(13-3-1)47-36-17-5-4-14-33(36)40-28-32(22-24-37(40)47)51-42-19-9-6-15-34(42)38-25-26-44-48(49(38)51)39-18-7-10-20-43(39)50(44)31-23-27-46-41(29-31)35-16-8-11-21-45(35)52-46/h1-29,47H. The Balaban J connectivity index is 1.16. The minimum absolute atomic E-state index is 0.224. The van der Waals surface area contributed by atoms with Crippen LogP contribution in [0.15, 0.2) is 176 Å². The summed E-state index contributed by atoms with van der Waals surface area (Å²) in [4.78, 5) is 0. The summed E-state index contributed by atoms with van der Waals surface area (Å²) in [6.45, 7) is 0. The maximum atomic E-state index is 2.53. The van der Waals surface area contributed by atoms with Gasteiger partial charge in [0.25, 0.3) is 0 Å². The molecule has 0 saturated carbocycles. The Hall–Kier alpha value is -6.42. The maximum absolute atomic E-state index is 2.53. The van der Waals surface area contributed by atoms with Gasteiger partial charge in [0.1, 0.15) is 0 Å². The fraction of sp³-hybridized carbons (Fsp3) is 0.0204. The normalized spacial score (nSPS) is 14.0. The van der Waals surface area contributed by atoms with Crippen LogP contribution in [0.3, 0.4) is 0 Å². The van der Waals surface area contributed by atoms with E-state index >= 15 is 0 Å². The van der Waals surface area contributed by atoms with Gasteiger partial charge in [-0.2, -0.15) is 0 Å². The summed E-state index contributed by atoms with van der Waals surface area (Å²) in [5.74, 6) is 0.224. The molecule has 0 fully saturated rings. The van der Waals surface area contributed by atoms with E-state index in [9.17, 15) is 0 Å². The van der Waals surface area contributed by atoms with Crippen LogP contribution in [0.1, 0.15) is 22.6 Å². The molecule has 0 bridgehead atoms. The van der Waals surface area contributed by atoms with Crippen molar-refractivity contribution in [1.82, 2.24) is 9.13 Å². The van der Waals surface area contributed by atoms with E-state index in [0.717, 1.165) is 0 Å². The van der Waals surface area contributed by atoms with Crippen LogP contribution < -0.4 is 0 Å². The summed E-state index contributed by atoms with van der Waals surface area (Å²) in [7, 11) is 0. The van der Waals surface area contributed by atoms with Crippen LogP contribution in [-0.2, 0) is 0 Å². The first-order valence-electron chi connectivity index (χ1n) is 18.0. The fourth-order valence-corrected chi connectivity index (χ4v) is 10.3. The molecule has 0 saturated heterocycles. The summed E-state index contributed by atoms with van der Waals surface area (Å²) in [6, 6.07) is 65.4. The van der Waals surface area contributed by atoms with Crippen molar-refractivity contribution in [2.45, 2.75) is 5.92 Å². The van der Waals surface area contributed by atoms with Crippen LogP contribution in [0.25, 0.3) is 86.3 Å². The second-order valence-electron chi connectivity index (χ2n) is 14.0. The first-order valence-corrected chi connectivity index (χ1v) is 18.8. The Morgan fingerprint density at radius 1 is 0.385 bits per heavy atom. The first kappa shape index (κ1) is 28.3. The highest BCUT2D eigenvalue weighted by atomic mass is 32.1. The molecule has 0 spiro atoms. The molecule has 1 unspecified atom stereocenters. The molecular weight excluding hydrogens is 649 g/mol. The zero-order chi connectivity index (χ0) is 33.9. The molecule has 11 aromatic rings. The third-order valence-corrected chi connectivity index (χ3v) is 12.5. The van der Waals surface area contributed by atoms with Crippen molar-refractivity contribution in [3.63, 3.8) is 0 Å². The Morgan fingerprint density at radius 2 is 1.04 bits per heavy atom. The number of hydrogen-bond donors (Lipinski definition) is 0. The number of rotatable bonds is 3. The predicted octanol–water partition coefficient (Wildman–Crippen LogP) is 13.4. The lowest BCUT2D eigenvalue weighted by atomic mass is 9.89. The molecule has 2 nitrogen and oxygen atoms in total. The smallest absolute Gasteiger partial charge is 0.0641 e. The van der Waals surface area contributed by atoms with E-state index in [1.54, 1.807) is 0 Å². The van der Waals surface area contributed by atoms with Gasteiger partial charge in [-0.1, -0.05) is 121 Å². The molecule has 12 rings (SSSR count). The third kappa shape index (κ3) is 3.78. The van der Waals surface area contributed by atoms with E-state index in [-0.39, 0.29) is 5.92 Å². The third-order valence-electron chi connectivity index (χ3n) is 11.4. The molecule has 0 amide bonds. The van der Waals surface area contributed by atoms with E-state index in [2.05, 4.69) is 185 Å². The Kier molecular flexibility index (Phi) is 5.74. The van der Waals surface area contributed by atoms with Crippen molar-refractivity contribution >= 4 is 75.1 Å². The largest absolute Gasteiger partial charge is 0.309 e. The number of para-hydroxylation sites is 2. The zero-order valence-corrected chi connectivity index (χ0v) is 28.9. The van der Waals surface area contributed by atoms with Gasteiger partial charge in [0, 0.05) is 59.0 Å². The summed E-state index contributed by atoms with van der Waals surface area (Å²) in [5, 5.41) is 7.71. The molecule has 0 N–H and O–H groups in total. The van der Waals surface area contributed by atoms with Crippen LogP contribution in [0.4, 0.5) is 0 Å². The van der Waals surface area contributed by atoms with E-state index < -0.39 is 0 Å². The minimum Gasteiger partial charge on any atom is -0.309 e. The van der Waals surface area contributed by atoms with Gasteiger partial charge in [0.2, 0.25) is 0 Å². The SMILES string of the molecule is c1ccc(C2c3ccccc3-c3cc(-n4c5ccccc5c5ccc6c(c7ccccc7n6-c6ccc7sc8ccccc8c7c6)c54)ccc32)cc1. The van der Waals surface area contributed by atoms with Crippen LogP contribution in [-0.4, -0.2) is 9.13 Å². The van der Waals surface area contributed by atoms with E-state index in [1.165, 1.54) is 103 Å². The number of benzene rings is 8. The number of nitrogens with zero attached hydrogens (tertiary/aromatic N) is 2. The summed E-state index contributed by atoms with van der Waals surface area (Å²) in [5.41, 5.74) is 14.0. The summed E-state index contributed by atoms with van der Waals surface area (Å²) >= 11 is 1.87.